The van der Waals surface area contributed by atoms with Gasteiger partial charge in [-0.3, -0.25) is 33.8 Å². The summed E-state index contributed by atoms with van der Waals surface area (Å²) in [6.45, 7) is 5.68. The zero-order chi connectivity index (χ0) is 28.5. The topological polar surface area (TPSA) is 115 Å². The van der Waals surface area contributed by atoms with Gasteiger partial charge in [-0.15, -0.1) is 0 Å². The number of fused-ring (bicyclic) bond motifs is 1. The van der Waals surface area contributed by atoms with Gasteiger partial charge in [0.2, 0.25) is 11.8 Å². The van der Waals surface area contributed by atoms with Crippen LogP contribution in [0.1, 0.15) is 55.7 Å². The number of nitrogens with two attached hydrogens (primary N) is 1. The van der Waals surface area contributed by atoms with E-state index in [0.717, 1.165) is 87.2 Å². The highest BCUT2D eigenvalue weighted by atomic mass is 16.5. The van der Waals surface area contributed by atoms with Crippen molar-refractivity contribution in [2.24, 2.45) is 7.05 Å². The van der Waals surface area contributed by atoms with Crippen molar-refractivity contribution >= 4 is 28.5 Å². The molecule has 3 aliphatic rings. The maximum Gasteiger partial charge on any atom is 0.329 e. The van der Waals surface area contributed by atoms with Crippen molar-refractivity contribution in [2.75, 3.05) is 31.9 Å². The fourth-order valence-corrected chi connectivity index (χ4v) is 6.68. The molecule has 0 saturated carbocycles. The minimum absolute atomic E-state index is 0.228. The van der Waals surface area contributed by atoms with Gasteiger partial charge in [-0.05, 0) is 61.4 Å². The summed E-state index contributed by atoms with van der Waals surface area (Å²) < 4.78 is 9.76. The first kappa shape index (κ1) is 27.7. The number of benzene rings is 2. The normalized spacial score (nSPS) is 21.9. The highest BCUT2D eigenvalue weighted by Gasteiger charge is 2.32. The SMILES string of the molecule is Cn1c(=O)n(C2CCC(=O)NC2=O)c2cccc(CN3CCC(OC4CCN(Cc5ccc(N)cc5)CC4)CC3)c21. The van der Waals surface area contributed by atoms with Gasteiger partial charge in [0.05, 0.1) is 23.2 Å². The van der Waals surface area contributed by atoms with E-state index < -0.39 is 11.9 Å². The van der Waals surface area contributed by atoms with Crippen molar-refractivity contribution < 1.29 is 14.3 Å². The molecular formula is C31H40N6O4. The second-order valence-electron chi connectivity index (χ2n) is 11.8. The van der Waals surface area contributed by atoms with Gasteiger partial charge in [0.25, 0.3) is 0 Å². The number of imide groups is 1. The molecule has 3 aliphatic heterocycles. The molecule has 0 bridgehead atoms. The third-order valence-electron chi connectivity index (χ3n) is 8.94. The van der Waals surface area contributed by atoms with Crippen molar-refractivity contribution in [2.45, 2.75) is 69.9 Å². The molecule has 10 nitrogen and oxygen atoms in total. The minimum Gasteiger partial charge on any atom is -0.399 e. The van der Waals surface area contributed by atoms with E-state index in [0.29, 0.717) is 12.5 Å². The van der Waals surface area contributed by atoms with Gasteiger partial charge < -0.3 is 10.5 Å². The molecule has 218 valence electrons. The minimum atomic E-state index is -0.670. The fraction of sp³-hybridized carbons (Fsp3) is 0.516. The molecule has 0 radical (unpaired) electrons. The first-order valence-electron chi connectivity index (χ1n) is 14.8. The number of piperidine rings is 3. The molecule has 2 amide bonds. The number of hydrogen-bond acceptors (Lipinski definition) is 7. The van der Waals surface area contributed by atoms with Crippen LogP contribution in [0, 0.1) is 0 Å². The van der Waals surface area contributed by atoms with Crippen molar-refractivity contribution in [3.8, 4) is 0 Å². The largest absolute Gasteiger partial charge is 0.399 e. The maximum atomic E-state index is 13.2. The number of nitrogen functional groups attached to an aromatic ring is 1. The number of amides is 2. The van der Waals surface area contributed by atoms with Gasteiger partial charge >= 0.3 is 5.69 Å². The lowest BCUT2D eigenvalue weighted by molar-refractivity contribution is -0.135. The molecule has 1 unspecified atom stereocenters. The van der Waals surface area contributed by atoms with Crippen LogP contribution in [-0.2, 0) is 34.5 Å². The van der Waals surface area contributed by atoms with E-state index >= 15 is 0 Å². The number of likely N-dealkylation sites (tertiary alicyclic amines) is 2. The number of rotatable bonds is 7. The van der Waals surface area contributed by atoms with Crippen molar-refractivity contribution in [1.29, 1.82) is 0 Å². The van der Waals surface area contributed by atoms with Gasteiger partial charge in [0.15, 0.2) is 0 Å². The number of carbonyl (C=O) groups is 2. The quantitative estimate of drug-likeness (QED) is 0.337. The van der Waals surface area contributed by atoms with E-state index in [-0.39, 0.29) is 24.1 Å². The van der Waals surface area contributed by atoms with E-state index in [1.54, 1.807) is 16.2 Å². The second-order valence-corrected chi connectivity index (χ2v) is 11.8. The van der Waals surface area contributed by atoms with Gasteiger partial charge in [-0.1, -0.05) is 24.3 Å². The summed E-state index contributed by atoms with van der Waals surface area (Å²) >= 11 is 0. The van der Waals surface area contributed by atoms with E-state index in [1.165, 1.54) is 5.56 Å². The van der Waals surface area contributed by atoms with Crippen LogP contribution in [0.3, 0.4) is 0 Å². The number of imidazole rings is 1. The number of ether oxygens (including phenoxy) is 1. The third-order valence-corrected chi connectivity index (χ3v) is 8.94. The molecule has 0 aliphatic carbocycles. The number of nitrogens with one attached hydrogen (secondary N) is 1. The van der Waals surface area contributed by atoms with Crippen LogP contribution >= 0.6 is 0 Å². The molecule has 3 N–H and O–H groups in total. The first-order chi connectivity index (χ1) is 19.9. The number of carbonyl (C=O) groups excluding carboxylic acids is 2. The van der Waals surface area contributed by atoms with Crippen LogP contribution in [0.5, 0.6) is 0 Å². The molecule has 3 fully saturated rings. The van der Waals surface area contributed by atoms with Crippen LogP contribution in [0.4, 0.5) is 5.69 Å². The number of anilines is 1. The maximum absolute atomic E-state index is 13.2. The van der Waals surface area contributed by atoms with Gasteiger partial charge in [-0.2, -0.15) is 0 Å². The number of para-hydroxylation sites is 1. The average Bonchev–Trinajstić information content (AvgIpc) is 3.22. The Morgan fingerprint density at radius 3 is 2.12 bits per heavy atom. The molecule has 2 aromatic carbocycles. The number of aromatic nitrogens is 2. The highest BCUT2D eigenvalue weighted by Crippen LogP contribution is 2.27. The summed E-state index contributed by atoms with van der Waals surface area (Å²) in [4.78, 5) is 42.4. The summed E-state index contributed by atoms with van der Waals surface area (Å²) in [6, 6.07) is 13.4. The molecule has 3 saturated heterocycles. The Bertz CT molecular complexity index is 1460. The monoisotopic (exact) mass is 560 g/mol. The van der Waals surface area contributed by atoms with E-state index in [4.69, 9.17) is 10.5 Å². The number of nitrogens with zero attached hydrogens (tertiary/aromatic N) is 4. The van der Waals surface area contributed by atoms with Crippen LogP contribution in [0.25, 0.3) is 11.0 Å². The third kappa shape index (κ3) is 5.95. The molecule has 6 rings (SSSR count). The molecule has 0 spiro atoms. The Morgan fingerprint density at radius 1 is 0.854 bits per heavy atom. The van der Waals surface area contributed by atoms with Crippen LogP contribution in [-0.4, -0.2) is 69.1 Å². The molecule has 10 heteroatoms. The fourth-order valence-electron chi connectivity index (χ4n) is 6.68. The van der Waals surface area contributed by atoms with Gasteiger partial charge in [0, 0.05) is 58.4 Å². The molecular weight excluding hydrogens is 520 g/mol. The summed E-state index contributed by atoms with van der Waals surface area (Å²) in [5, 5.41) is 2.38. The average molecular weight is 561 g/mol. The van der Waals surface area contributed by atoms with Crippen molar-refractivity contribution in [3.63, 3.8) is 0 Å². The molecule has 4 heterocycles. The number of aryl methyl sites for hydroxylation is 1. The summed E-state index contributed by atoms with van der Waals surface area (Å²) in [5.41, 5.74) is 10.4. The van der Waals surface area contributed by atoms with Crippen molar-refractivity contribution in [3.05, 3.63) is 64.1 Å². The Kier molecular flexibility index (Phi) is 7.96. The smallest absolute Gasteiger partial charge is 0.329 e. The zero-order valence-corrected chi connectivity index (χ0v) is 23.8. The molecule has 1 atom stereocenters. The van der Waals surface area contributed by atoms with E-state index in [1.807, 2.05) is 24.3 Å². The lowest BCUT2D eigenvalue weighted by atomic mass is 10.0. The van der Waals surface area contributed by atoms with Crippen LogP contribution < -0.4 is 16.7 Å². The van der Waals surface area contributed by atoms with Crippen LogP contribution in [0.15, 0.2) is 47.3 Å². The lowest BCUT2D eigenvalue weighted by Gasteiger charge is -2.37. The molecule has 3 aromatic rings. The van der Waals surface area contributed by atoms with E-state index in [9.17, 15) is 14.4 Å². The Hall–Kier alpha value is -3.47. The summed E-state index contributed by atoms with van der Waals surface area (Å²) in [6.07, 6.45) is 5.31. The predicted molar refractivity (Wildman–Crippen MR) is 157 cm³/mol. The Labute approximate surface area is 240 Å². The lowest BCUT2D eigenvalue weighted by Crippen LogP contribution is -2.44. The van der Waals surface area contributed by atoms with Gasteiger partial charge in [-0.25, -0.2) is 4.79 Å². The van der Waals surface area contributed by atoms with E-state index in [2.05, 4.69) is 33.3 Å². The Balaban J connectivity index is 1.03. The predicted octanol–water partition coefficient (Wildman–Crippen LogP) is 2.55. The summed E-state index contributed by atoms with van der Waals surface area (Å²) in [5.74, 6) is -0.691. The molecule has 1 aromatic heterocycles. The standard InChI is InChI=1S/C31H40N6O4/c1-34-29-22(3-2-4-26(29)37(31(34)40)27-9-10-28(38)33-30(27)39)20-36-17-13-25(14-18-36)41-24-11-15-35(16-12-24)19-21-5-7-23(32)8-6-21/h2-8,24-25,27H,9-20,32H2,1H3,(H,33,38,39). The van der Waals surface area contributed by atoms with Crippen LogP contribution in [0.2, 0.25) is 0 Å². The number of hydrogen-bond donors (Lipinski definition) is 2. The Morgan fingerprint density at radius 2 is 1.49 bits per heavy atom. The van der Waals surface area contributed by atoms with Gasteiger partial charge in [0.1, 0.15) is 6.04 Å². The highest BCUT2D eigenvalue weighted by molar-refractivity contribution is 6.00. The zero-order valence-electron chi connectivity index (χ0n) is 23.8. The molecule has 41 heavy (non-hydrogen) atoms. The second kappa shape index (κ2) is 11.8. The first-order valence-corrected chi connectivity index (χ1v) is 14.8. The summed E-state index contributed by atoms with van der Waals surface area (Å²) in [7, 11) is 1.76. The van der Waals surface area contributed by atoms with Crippen molar-refractivity contribution in [1.82, 2.24) is 24.3 Å².